The first kappa shape index (κ1) is 16.5. The number of nitrogens with one attached hydrogen (secondary N) is 1. The number of nitrogens with zero attached hydrogens (tertiary/aromatic N) is 2. The fourth-order valence-corrected chi connectivity index (χ4v) is 4.14. The number of fused-ring (bicyclic) bond motifs is 1. The number of aromatic nitrogens is 2. The van der Waals surface area contributed by atoms with Crippen molar-refractivity contribution in [3.05, 3.63) is 82.1 Å². The molecule has 0 amide bonds. The maximum atomic E-state index is 12.8. The largest absolute Gasteiger partial charge is 0.351 e. The zero-order valence-electron chi connectivity index (χ0n) is 14.7. The van der Waals surface area contributed by atoms with Crippen LogP contribution in [0.5, 0.6) is 0 Å². The molecule has 26 heavy (non-hydrogen) atoms. The molecule has 4 rings (SSSR count). The van der Waals surface area contributed by atoms with Gasteiger partial charge in [-0.15, -0.1) is 11.3 Å². The van der Waals surface area contributed by atoms with Gasteiger partial charge in [0.15, 0.2) is 0 Å². The zero-order valence-corrected chi connectivity index (χ0v) is 15.5. The van der Waals surface area contributed by atoms with Gasteiger partial charge >= 0.3 is 0 Å². The fraction of sp³-hybridized carbons (Fsp3) is 0.143. The minimum absolute atomic E-state index is 0.0182. The van der Waals surface area contributed by atoms with Gasteiger partial charge in [0.2, 0.25) is 5.95 Å². The molecule has 5 heteroatoms. The zero-order chi connectivity index (χ0) is 18.1. The molecule has 0 saturated carbocycles. The molecular formula is C21H19N3OS. The van der Waals surface area contributed by atoms with E-state index in [1.54, 1.807) is 11.6 Å². The van der Waals surface area contributed by atoms with Crippen molar-refractivity contribution < 1.29 is 0 Å². The third kappa shape index (κ3) is 3.02. The summed E-state index contributed by atoms with van der Waals surface area (Å²) in [5.41, 5.74) is 4.21. The van der Waals surface area contributed by atoms with E-state index >= 15 is 0 Å². The second kappa shape index (κ2) is 6.77. The normalized spacial score (nSPS) is 11.0. The van der Waals surface area contributed by atoms with Crippen molar-refractivity contribution in [3.8, 4) is 10.4 Å². The first-order valence-corrected chi connectivity index (χ1v) is 9.29. The van der Waals surface area contributed by atoms with Gasteiger partial charge in [0.1, 0.15) is 4.70 Å². The number of anilines is 1. The average Bonchev–Trinajstić information content (AvgIpc) is 3.09. The summed E-state index contributed by atoms with van der Waals surface area (Å²) in [6, 6.07) is 20.3. The topological polar surface area (TPSA) is 46.9 Å². The van der Waals surface area contributed by atoms with Gasteiger partial charge in [-0.05, 0) is 29.7 Å². The van der Waals surface area contributed by atoms with Crippen molar-refractivity contribution >= 4 is 27.5 Å². The van der Waals surface area contributed by atoms with Crippen LogP contribution in [0.1, 0.15) is 11.1 Å². The molecular weight excluding hydrogens is 342 g/mol. The van der Waals surface area contributed by atoms with Crippen molar-refractivity contribution in [2.24, 2.45) is 7.05 Å². The molecule has 0 atom stereocenters. The third-order valence-corrected chi connectivity index (χ3v) is 5.60. The van der Waals surface area contributed by atoms with Crippen LogP contribution in [0, 0.1) is 6.92 Å². The van der Waals surface area contributed by atoms with Gasteiger partial charge in [0.25, 0.3) is 5.56 Å². The van der Waals surface area contributed by atoms with Gasteiger partial charge in [0, 0.05) is 18.5 Å². The van der Waals surface area contributed by atoms with Crippen molar-refractivity contribution in [1.29, 1.82) is 0 Å². The highest BCUT2D eigenvalue weighted by atomic mass is 32.1. The van der Waals surface area contributed by atoms with Crippen LogP contribution in [0.3, 0.4) is 0 Å². The molecule has 0 saturated heterocycles. The summed E-state index contributed by atoms with van der Waals surface area (Å²) in [7, 11) is 1.76. The molecule has 0 aliphatic carbocycles. The van der Waals surface area contributed by atoms with Gasteiger partial charge in [-0.3, -0.25) is 9.36 Å². The number of hydrogen-bond acceptors (Lipinski definition) is 4. The monoisotopic (exact) mass is 361 g/mol. The predicted octanol–water partition coefficient (Wildman–Crippen LogP) is 4.58. The average molecular weight is 361 g/mol. The van der Waals surface area contributed by atoms with Crippen LogP contribution in [0.2, 0.25) is 0 Å². The van der Waals surface area contributed by atoms with E-state index in [9.17, 15) is 4.79 Å². The molecule has 1 N–H and O–H groups in total. The van der Waals surface area contributed by atoms with E-state index in [1.165, 1.54) is 16.9 Å². The summed E-state index contributed by atoms with van der Waals surface area (Å²) in [6.07, 6.45) is 0. The quantitative estimate of drug-likeness (QED) is 0.579. The number of hydrogen-bond donors (Lipinski definition) is 1. The molecule has 2 aromatic carbocycles. The first-order chi connectivity index (χ1) is 12.6. The van der Waals surface area contributed by atoms with E-state index in [0.29, 0.717) is 17.2 Å². The van der Waals surface area contributed by atoms with Crippen LogP contribution in [-0.2, 0) is 13.6 Å². The standard InChI is InChI=1S/C21H19N3OS/c1-14-8-6-7-11-16(14)18-12-17-19(26-18)20(25)24(2)21(23-17)22-13-15-9-4-3-5-10-15/h3-12H,13H2,1-2H3,(H,22,23). The van der Waals surface area contributed by atoms with Gasteiger partial charge in [-0.25, -0.2) is 4.98 Å². The Bertz CT molecular complexity index is 1130. The lowest BCUT2D eigenvalue weighted by Gasteiger charge is -2.09. The first-order valence-electron chi connectivity index (χ1n) is 8.48. The van der Waals surface area contributed by atoms with Crippen LogP contribution in [-0.4, -0.2) is 9.55 Å². The highest BCUT2D eigenvalue weighted by Gasteiger charge is 2.13. The van der Waals surface area contributed by atoms with Gasteiger partial charge < -0.3 is 5.32 Å². The van der Waals surface area contributed by atoms with E-state index in [-0.39, 0.29) is 5.56 Å². The second-order valence-corrected chi connectivity index (χ2v) is 7.33. The molecule has 0 unspecified atom stereocenters. The molecule has 0 radical (unpaired) electrons. The Labute approximate surface area is 155 Å². The molecule has 2 heterocycles. The smallest absolute Gasteiger partial charge is 0.272 e. The van der Waals surface area contributed by atoms with E-state index in [1.807, 2.05) is 48.5 Å². The SMILES string of the molecule is Cc1ccccc1-c1cc2nc(NCc3ccccc3)n(C)c(=O)c2s1. The molecule has 0 aliphatic rings. The van der Waals surface area contributed by atoms with Crippen LogP contribution in [0.15, 0.2) is 65.5 Å². The number of aryl methyl sites for hydroxylation is 1. The highest BCUT2D eigenvalue weighted by Crippen LogP contribution is 2.33. The summed E-state index contributed by atoms with van der Waals surface area (Å²) in [5.74, 6) is 0.584. The Balaban J connectivity index is 1.73. The summed E-state index contributed by atoms with van der Waals surface area (Å²) in [4.78, 5) is 18.5. The molecule has 130 valence electrons. The summed E-state index contributed by atoms with van der Waals surface area (Å²) >= 11 is 1.50. The minimum atomic E-state index is -0.0182. The van der Waals surface area contributed by atoms with Crippen molar-refractivity contribution in [2.75, 3.05) is 5.32 Å². The highest BCUT2D eigenvalue weighted by molar-refractivity contribution is 7.22. The number of thiophene rings is 1. The van der Waals surface area contributed by atoms with Crippen LogP contribution < -0.4 is 10.9 Å². The molecule has 0 fully saturated rings. The van der Waals surface area contributed by atoms with Crippen LogP contribution >= 0.6 is 11.3 Å². The van der Waals surface area contributed by atoms with Gasteiger partial charge in [-0.1, -0.05) is 54.6 Å². The molecule has 4 aromatic rings. The third-order valence-electron chi connectivity index (χ3n) is 4.46. The number of rotatable bonds is 4. The maximum absolute atomic E-state index is 12.8. The van der Waals surface area contributed by atoms with E-state index in [2.05, 4.69) is 29.4 Å². The van der Waals surface area contributed by atoms with Crippen molar-refractivity contribution in [2.45, 2.75) is 13.5 Å². The van der Waals surface area contributed by atoms with E-state index < -0.39 is 0 Å². The summed E-state index contributed by atoms with van der Waals surface area (Å²) in [5, 5.41) is 3.28. The van der Waals surface area contributed by atoms with E-state index in [0.717, 1.165) is 21.5 Å². The molecule has 2 aromatic heterocycles. The lowest BCUT2D eigenvalue weighted by molar-refractivity contribution is 0.840. The van der Waals surface area contributed by atoms with Gasteiger partial charge in [-0.2, -0.15) is 0 Å². The Morgan fingerprint density at radius 3 is 2.58 bits per heavy atom. The summed E-state index contributed by atoms with van der Waals surface area (Å²) < 4.78 is 2.28. The van der Waals surface area contributed by atoms with Crippen molar-refractivity contribution in [1.82, 2.24) is 9.55 Å². The van der Waals surface area contributed by atoms with Crippen LogP contribution in [0.4, 0.5) is 5.95 Å². The minimum Gasteiger partial charge on any atom is -0.351 e. The Morgan fingerprint density at radius 2 is 1.81 bits per heavy atom. The molecule has 0 spiro atoms. The maximum Gasteiger partial charge on any atom is 0.272 e. The second-order valence-electron chi connectivity index (χ2n) is 6.28. The lowest BCUT2D eigenvalue weighted by atomic mass is 10.1. The van der Waals surface area contributed by atoms with E-state index in [4.69, 9.17) is 0 Å². The Morgan fingerprint density at radius 1 is 1.08 bits per heavy atom. The van der Waals surface area contributed by atoms with Crippen LogP contribution in [0.25, 0.3) is 20.7 Å². The lowest BCUT2D eigenvalue weighted by Crippen LogP contribution is -2.21. The fourth-order valence-electron chi connectivity index (χ4n) is 2.97. The molecule has 0 aliphatic heterocycles. The van der Waals surface area contributed by atoms with Gasteiger partial charge in [0.05, 0.1) is 5.52 Å². The molecule has 0 bridgehead atoms. The Hall–Kier alpha value is -2.92. The predicted molar refractivity (Wildman–Crippen MR) is 109 cm³/mol. The molecule has 4 nitrogen and oxygen atoms in total. The Kier molecular flexibility index (Phi) is 4.31. The van der Waals surface area contributed by atoms with Crippen molar-refractivity contribution in [3.63, 3.8) is 0 Å². The summed E-state index contributed by atoms with van der Waals surface area (Å²) in [6.45, 7) is 2.71. The number of benzene rings is 2.